The zero-order valence-electron chi connectivity index (χ0n) is 13.4. The van der Waals surface area contributed by atoms with E-state index in [1.165, 1.54) is 0 Å². The van der Waals surface area contributed by atoms with Gasteiger partial charge in [0.2, 0.25) is 0 Å². The molecule has 0 radical (unpaired) electrons. The molecule has 6 N–H and O–H groups in total. The maximum Gasteiger partial charge on any atom is 0.364 e. The summed E-state index contributed by atoms with van der Waals surface area (Å²) in [5.41, 5.74) is -0.397. The quantitative estimate of drug-likeness (QED) is 0.324. The fraction of sp³-hybridized carbons (Fsp3) is 0.929. The average Bonchev–Trinajstić information content (AvgIpc) is 2.45. The number of carboxylic acid groups (broad SMARTS) is 1. The lowest BCUT2D eigenvalue weighted by Crippen LogP contribution is -2.64. The molecule has 23 heavy (non-hydrogen) atoms. The first-order valence-electron chi connectivity index (χ1n) is 7.32. The molecule has 1 rings (SSSR count). The summed E-state index contributed by atoms with van der Waals surface area (Å²) in [6.45, 7) is 4.57. The van der Waals surface area contributed by atoms with Gasteiger partial charge in [0.25, 0.3) is 5.79 Å². The summed E-state index contributed by atoms with van der Waals surface area (Å²) in [4.78, 5) is 11.6. The van der Waals surface area contributed by atoms with E-state index in [9.17, 15) is 30.3 Å². The molecule has 1 heterocycles. The van der Waals surface area contributed by atoms with Gasteiger partial charge >= 0.3 is 5.97 Å². The Kier molecular flexibility index (Phi) is 6.50. The van der Waals surface area contributed by atoms with E-state index in [-0.39, 0.29) is 6.61 Å². The molecular formula is C14H26O9. The van der Waals surface area contributed by atoms with Crippen LogP contribution >= 0.6 is 0 Å². The standard InChI is InChI=1S/C14H26O9/c1-13(2,3)6-22-14(12(20)21)4-7(16)9(18)11(23-14)10(19)8(17)5-15/h7-11,15-19H,4-6H2,1-3H3,(H,20,21)/t7-,8-,9-,10-,11?,14-/m1/s1. The maximum atomic E-state index is 11.6. The van der Waals surface area contributed by atoms with Crippen molar-refractivity contribution < 1.29 is 44.9 Å². The minimum absolute atomic E-state index is 0.0204. The molecule has 1 aliphatic rings. The minimum atomic E-state index is -2.27. The zero-order valence-corrected chi connectivity index (χ0v) is 13.4. The Morgan fingerprint density at radius 2 is 1.91 bits per heavy atom. The van der Waals surface area contributed by atoms with E-state index in [2.05, 4.69) is 0 Å². The van der Waals surface area contributed by atoms with E-state index in [1.807, 2.05) is 0 Å². The lowest BCUT2D eigenvalue weighted by atomic mass is 9.90. The van der Waals surface area contributed by atoms with Crippen LogP contribution in [-0.2, 0) is 14.3 Å². The van der Waals surface area contributed by atoms with Crippen LogP contribution in [0.4, 0.5) is 0 Å². The van der Waals surface area contributed by atoms with Crippen molar-refractivity contribution >= 4 is 5.97 Å². The second kappa shape index (κ2) is 7.39. The molecule has 6 atom stereocenters. The minimum Gasteiger partial charge on any atom is -0.477 e. The largest absolute Gasteiger partial charge is 0.477 e. The molecular weight excluding hydrogens is 312 g/mol. The van der Waals surface area contributed by atoms with Gasteiger partial charge in [0.05, 0.1) is 19.3 Å². The predicted molar refractivity (Wildman–Crippen MR) is 76.4 cm³/mol. The smallest absolute Gasteiger partial charge is 0.364 e. The molecule has 0 spiro atoms. The topological polar surface area (TPSA) is 157 Å². The Morgan fingerprint density at radius 1 is 1.35 bits per heavy atom. The van der Waals surface area contributed by atoms with Gasteiger partial charge in [0.1, 0.15) is 24.4 Å². The van der Waals surface area contributed by atoms with Crippen molar-refractivity contribution in [2.45, 2.75) is 63.5 Å². The van der Waals surface area contributed by atoms with Crippen LogP contribution < -0.4 is 0 Å². The molecule has 0 aromatic carbocycles. The first-order valence-corrected chi connectivity index (χ1v) is 7.32. The number of ether oxygens (including phenoxy) is 2. The lowest BCUT2D eigenvalue weighted by Gasteiger charge is -2.45. The monoisotopic (exact) mass is 338 g/mol. The summed E-state index contributed by atoms with van der Waals surface area (Å²) in [5, 5.41) is 57.6. The zero-order chi connectivity index (χ0) is 18.0. The summed E-state index contributed by atoms with van der Waals surface area (Å²) in [5.74, 6) is -3.80. The van der Waals surface area contributed by atoms with E-state index in [0.29, 0.717) is 0 Å². The number of hydrogen-bond acceptors (Lipinski definition) is 8. The van der Waals surface area contributed by atoms with E-state index < -0.39 is 60.7 Å². The van der Waals surface area contributed by atoms with Gasteiger partial charge < -0.3 is 40.1 Å². The first-order chi connectivity index (χ1) is 10.4. The van der Waals surface area contributed by atoms with Crippen molar-refractivity contribution in [3.8, 4) is 0 Å². The van der Waals surface area contributed by atoms with E-state index in [1.54, 1.807) is 20.8 Å². The molecule has 0 aromatic rings. The highest BCUT2D eigenvalue weighted by atomic mass is 16.7. The molecule has 0 aromatic heterocycles. The third-order valence-electron chi connectivity index (χ3n) is 3.52. The highest BCUT2D eigenvalue weighted by molar-refractivity contribution is 5.76. The summed E-state index contributed by atoms with van der Waals surface area (Å²) >= 11 is 0. The summed E-state index contributed by atoms with van der Waals surface area (Å²) in [6, 6.07) is 0. The molecule has 1 unspecified atom stereocenters. The Labute approximate surface area is 134 Å². The highest BCUT2D eigenvalue weighted by Crippen LogP contribution is 2.34. The van der Waals surface area contributed by atoms with Crippen LogP contribution in [0.3, 0.4) is 0 Å². The Hall–Kier alpha value is -0.810. The summed E-state index contributed by atoms with van der Waals surface area (Å²) in [7, 11) is 0. The van der Waals surface area contributed by atoms with Gasteiger partial charge in [0, 0.05) is 6.42 Å². The number of rotatable bonds is 6. The van der Waals surface area contributed by atoms with Gasteiger partial charge in [-0.15, -0.1) is 0 Å². The molecule has 1 aliphatic heterocycles. The van der Waals surface area contributed by atoms with E-state index >= 15 is 0 Å². The third-order valence-corrected chi connectivity index (χ3v) is 3.52. The van der Waals surface area contributed by atoms with Crippen molar-refractivity contribution in [2.24, 2.45) is 5.41 Å². The number of carboxylic acids is 1. The lowest BCUT2D eigenvalue weighted by molar-refractivity contribution is -0.331. The van der Waals surface area contributed by atoms with Gasteiger partial charge in [0.15, 0.2) is 0 Å². The van der Waals surface area contributed by atoms with Crippen LogP contribution in [0.15, 0.2) is 0 Å². The number of hydrogen-bond donors (Lipinski definition) is 6. The van der Waals surface area contributed by atoms with Crippen LogP contribution in [-0.4, -0.2) is 86.1 Å². The molecule has 0 bridgehead atoms. The van der Waals surface area contributed by atoms with Crippen molar-refractivity contribution in [3.05, 3.63) is 0 Å². The van der Waals surface area contributed by atoms with Crippen molar-refractivity contribution in [1.82, 2.24) is 0 Å². The normalized spacial score (nSPS) is 34.9. The number of aliphatic hydroxyl groups is 5. The highest BCUT2D eigenvalue weighted by Gasteiger charge is 2.55. The first kappa shape index (κ1) is 20.2. The van der Waals surface area contributed by atoms with Crippen molar-refractivity contribution in [2.75, 3.05) is 13.2 Å². The van der Waals surface area contributed by atoms with Gasteiger partial charge in [-0.05, 0) is 5.41 Å². The van der Waals surface area contributed by atoms with E-state index in [0.717, 1.165) is 0 Å². The number of aliphatic hydroxyl groups excluding tert-OH is 5. The third kappa shape index (κ3) is 4.83. The van der Waals surface area contributed by atoms with Gasteiger partial charge in [-0.2, -0.15) is 0 Å². The molecule has 9 heteroatoms. The van der Waals surface area contributed by atoms with Crippen LogP contribution in [0, 0.1) is 5.41 Å². The fourth-order valence-corrected chi connectivity index (χ4v) is 2.18. The van der Waals surface area contributed by atoms with Gasteiger partial charge in [-0.25, -0.2) is 4.79 Å². The second-order valence-corrected chi connectivity index (χ2v) is 6.99. The molecule has 1 fully saturated rings. The van der Waals surface area contributed by atoms with Crippen LogP contribution in [0.5, 0.6) is 0 Å². The molecule has 9 nitrogen and oxygen atoms in total. The SMILES string of the molecule is CC(C)(C)CO[C@]1(C(=O)O)C[C@@H](O)[C@@H](O)C([C@H](O)[C@H](O)CO)O1. The van der Waals surface area contributed by atoms with Crippen LogP contribution in [0.1, 0.15) is 27.2 Å². The second-order valence-electron chi connectivity index (χ2n) is 6.99. The molecule has 0 saturated carbocycles. The average molecular weight is 338 g/mol. The summed E-state index contributed by atoms with van der Waals surface area (Å²) in [6.07, 6.45) is -8.85. The molecule has 0 amide bonds. The fourth-order valence-electron chi connectivity index (χ4n) is 2.18. The molecule has 1 saturated heterocycles. The van der Waals surface area contributed by atoms with Crippen LogP contribution in [0.2, 0.25) is 0 Å². The summed E-state index contributed by atoms with van der Waals surface area (Å²) < 4.78 is 10.6. The van der Waals surface area contributed by atoms with Gasteiger partial charge in [-0.1, -0.05) is 20.8 Å². The number of carbonyl (C=O) groups is 1. The predicted octanol–water partition coefficient (Wildman–Crippen LogP) is -1.95. The Bertz CT molecular complexity index is 408. The number of aliphatic carboxylic acids is 1. The Balaban J connectivity index is 3.05. The van der Waals surface area contributed by atoms with Crippen molar-refractivity contribution in [1.29, 1.82) is 0 Å². The molecule has 0 aliphatic carbocycles. The van der Waals surface area contributed by atoms with Crippen LogP contribution in [0.25, 0.3) is 0 Å². The van der Waals surface area contributed by atoms with Gasteiger partial charge in [-0.3, -0.25) is 0 Å². The van der Waals surface area contributed by atoms with E-state index in [4.69, 9.17) is 14.6 Å². The van der Waals surface area contributed by atoms with Crippen molar-refractivity contribution in [3.63, 3.8) is 0 Å². The maximum absolute atomic E-state index is 11.6. The molecule has 136 valence electrons. The Morgan fingerprint density at radius 3 is 2.35 bits per heavy atom.